The minimum absolute atomic E-state index is 0.0562. The van der Waals surface area contributed by atoms with E-state index in [4.69, 9.17) is 0 Å². The number of alkyl halides is 2. The van der Waals surface area contributed by atoms with Crippen molar-refractivity contribution in [3.05, 3.63) is 58.9 Å². The van der Waals surface area contributed by atoms with Gasteiger partial charge in [0.1, 0.15) is 11.3 Å². The van der Waals surface area contributed by atoms with Crippen molar-refractivity contribution in [2.24, 2.45) is 0 Å². The number of nitrogens with one attached hydrogen (secondary N) is 2. The molecule has 0 bridgehead atoms. The van der Waals surface area contributed by atoms with Crippen LogP contribution in [0, 0.1) is 29.1 Å². The molecule has 144 valence electrons. The largest absolute Gasteiger partial charge is 0.435 e. The summed E-state index contributed by atoms with van der Waals surface area (Å²) in [5, 5.41) is 3.35. The lowest BCUT2D eigenvalue weighted by Crippen LogP contribution is -2.36. The van der Waals surface area contributed by atoms with Crippen LogP contribution >= 0.6 is 0 Å². The molecular weight excluding hydrogens is 389 g/mol. The number of carbonyl (C=O) groups is 2. The molecule has 27 heavy (non-hydrogen) atoms. The predicted molar refractivity (Wildman–Crippen MR) is 75.8 cm³/mol. The number of anilines is 1. The second-order valence-electron chi connectivity index (χ2n) is 4.76. The molecule has 0 saturated carbocycles. The summed E-state index contributed by atoms with van der Waals surface area (Å²) in [6, 6.07) is 2.85. The monoisotopic (exact) mass is 396 g/mol. The fraction of sp³-hybridized carbons (Fsp3) is 0.0667. The number of halogens is 7. The van der Waals surface area contributed by atoms with Gasteiger partial charge in [-0.15, -0.1) is 0 Å². The molecule has 12 heteroatoms. The number of benzene rings is 2. The molecule has 2 aromatic carbocycles. The summed E-state index contributed by atoms with van der Waals surface area (Å²) in [5.41, 5.74) is -1.90. The van der Waals surface area contributed by atoms with Crippen LogP contribution in [-0.4, -0.2) is 18.5 Å². The van der Waals surface area contributed by atoms with E-state index in [0.29, 0.717) is 0 Å². The average molecular weight is 396 g/mol. The molecule has 0 aliphatic carbocycles. The van der Waals surface area contributed by atoms with Crippen LogP contribution in [-0.2, 0) is 0 Å². The smallest absolute Gasteiger partial charge is 0.387 e. The summed E-state index contributed by atoms with van der Waals surface area (Å²) in [7, 11) is 0. The van der Waals surface area contributed by atoms with E-state index in [1.165, 1.54) is 5.32 Å². The molecule has 0 heterocycles. The van der Waals surface area contributed by atoms with Gasteiger partial charge in [0.15, 0.2) is 23.3 Å². The Balaban J connectivity index is 2.12. The molecule has 0 fully saturated rings. The maximum absolute atomic E-state index is 13.5. The Hall–Kier alpha value is -3.31. The maximum Gasteiger partial charge on any atom is 0.387 e. The molecule has 0 radical (unpaired) electrons. The van der Waals surface area contributed by atoms with E-state index in [9.17, 15) is 40.3 Å². The first kappa shape index (κ1) is 20.0. The Morgan fingerprint density at radius 2 is 1.30 bits per heavy atom. The van der Waals surface area contributed by atoms with Crippen LogP contribution in [0.25, 0.3) is 0 Å². The Morgan fingerprint density at radius 3 is 1.78 bits per heavy atom. The molecule has 5 nitrogen and oxygen atoms in total. The summed E-state index contributed by atoms with van der Waals surface area (Å²) >= 11 is 0. The lowest BCUT2D eigenvalue weighted by molar-refractivity contribution is -0.0498. The standard InChI is InChI=1S/C15H7F7N2O3/c16-8-7(9(17)11(19)12(20)10(8)18)13(25)24-15(26)23-5-1-3-6(4-2-5)27-14(21)22/h1-4,14H,(H2,23,24,25,26). The van der Waals surface area contributed by atoms with Crippen LogP contribution in [0.3, 0.4) is 0 Å². The fourth-order valence-electron chi connectivity index (χ4n) is 1.85. The van der Waals surface area contributed by atoms with Gasteiger partial charge in [-0.3, -0.25) is 10.1 Å². The van der Waals surface area contributed by atoms with Gasteiger partial charge in [-0.05, 0) is 24.3 Å². The Bertz CT molecular complexity index is 859. The number of urea groups is 1. The summed E-state index contributed by atoms with van der Waals surface area (Å²) < 4.78 is 94.1. The average Bonchev–Trinajstić information content (AvgIpc) is 2.59. The minimum atomic E-state index is -3.08. The number of hydrogen-bond donors (Lipinski definition) is 2. The minimum Gasteiger partial charge on any atom is -0.435 e. The Kier molecular flexibility index (Phi) is 5.88. The van der Waals surface area contributed by atoms with Gasteiger partial charge in [-0.2, -0.15) is 8.78 Å². The van der Waals surface area contributed by atoms with Crippen molar-refractivity contribution in [3.63, 3.8) is 0 Å². The number of ether oxygens (including phenoxy) is 1. The Morgan fingerprint density at radius 1 is 0.815 bits per heavy atom. The van der Waals surface area contributed by atoms with Gasteiger partial charge >= 0.3 is 12.6 Å². The number of carbonyl (C=O) groups excluding carboxylic acids is 2. The fourth-order valence-corrected chi connectivity index (χ4v) is 1.85. The summed E-state index contributed by atoms with van der Waals surface area (Å²) in [6.45, 7) is -3.08. The van der Waals surface area contributed by atoms with Gasteiger partial charge in [0.25, 0.3) is 5.91 Å². The molecule has 0 aromatic heterocycles. The van der Waals surface area contributed by atoms with Crippen LogP contribution in [0.2, 0.25) is 0 Å². The maximum atomic E-state index is 13.5. The molecule has 0 unspecified atom stereocenters. The lowest BCUT2D eigenvalue weighted by atomic mass is 10.1. The van der Waals surface area contributed by atoms with Crippen LogP contribution in [0.15, 0.2) is 24.3 Å². The summed E-state index contributed by atoms with van der Waals surface area (Å²) in [5.74, 6) is -14.1. The van der Waals surface area contributed by atoms with Gasteiger partial charge in [-0.1, -0.05) is 0 Å². The second-order valence-corrected chi connectivity index (χ2v) is 4.76. The molecule has 0 aliphatic heterocycles. The Labute approximate surface area is 145 Å². The highest BCUT2D eigenvalue weighted by Crippen LogP contribution is 2.23. The second kappa shape index (κ2) is 7.93. The van der Waals surface area contributed by atoms with Gasteiger partial charge in [0, 0.05) is 5.69 Å². The zero-order valence-electron chi connectivity index (χ0n) is 12.8. The third-order valence-electron chi connectivity index (χ3n) is 3.00. The van der Waals surface area contributed by atoms with Crippen molar-refractivity contribution in [1.29, 1.82) is 0 Å². The number of hydrogen-bond acceptors (Lipinski definition) is 3. The van der Waals surface area contributed by atoms with Gasteiger partial charge in [0.05, 0.1) is 0 Å². The number of amides is 3. The van der Waals surface area contributed by atoms with Crippen LogP contribution in [0.5, 0.6) is 5.75 Å². The van der Waals surface area contributed by atoms with E-state index in [1.807, 2.05) is 5.32 Å². The van der Waals surface area contributed by atoms with Crippen molar-refractivity contribution in [3.8, 4) is 5.75 Å². The zero-order chi connectivity index (χ0) is 20.3. The van der Waals surface area contributed by atoms with E-state index in [1.54, 1.807) is 0 Å². The molecule has 0 aliphatic rings. The molecule has 2 aromatic rings. The first-order valence-corrected chi connectivity index (χ1v) is 6.80. The third kappa shape index (κ3) is 4.46. The SMILES string of the molecule is O=C(NC(=O)c1c(F)c(F)c(F)c(F)c1F)Nc1ccc(OC(F)F)cc1. The molecular formula is C15H7F7N2O3. The van der Waals surface area contributed by atoms with E-state index < -0.39 is 53.2 Å². The van der Waals surface area contributed by atoms with Gasteiger partial charge in [0.2, 0.25) is 5.82 Å². The van der Waals surface area contributed by atoms with E-state index >= 15 is 0 Å². The van der Waals surface area contributed by atoms with Crippen LogP contribution < -0.4 is 15.4 Å². The van der Waals surface area contributed by atoms with Crippen molar-refractivity contribution in [2.75, 3.05) is 5.32 Å². The topological polar surface area (TPSA) is 67.4 Å². The highest BCUT2D eigenvalue weighted by atomic mass is 19.3. The number of imide groups is 1. The normalized spacial score (nSPS) is 10.7. The van der Waals surface area contributed by atoms with E-state index in [2.05, 4.69) is 4.74 Å². The van der Waals surface area contributed by atoms with Crippen LogP contribution in [0.1, 0.15) is 10.4 Å². The van der Waals surface area contributed by atoms with Crippen molar-refractivity contribution in [1.82, 2.24) is 5.32 Å². The molecule has 0 atom stereocenters. The molecule has 0 saturated heterocycles. The lowest BCUT2D eigenvalue weighted by Gasteiger charge is -2.10. The van der Waals surface area contributed by atoms with Gasteiger partial charge in [-0.25, -0.2) is 26.7 Å². The van der Waals surface area contributed by atoms with Crippen molar-refractivity contribution >= 4 is 17.6 Å². The van der Waals surface area contributed by atoms with E-state index in [-0.39, 0.29) is 11.4 Å². The first-order chi connectivity index (χ1) is 12.6. The first-order valence-electron chi connectivity index (χ1n) is 6.80. The summed E-state index contributed by atoms with van der Waals surface area (Å²) in [4.78, 5) is 23.3. The zero-order valence-corrected chi connectivity index (χ0v) is 12.8. The van der Waals surface area contributed by atoms with Crippen LogP contribution in [0.4, 0.5) is 41.2 Å². The number of rotatable bonds is 4. The molecule has 2 rings (SSSR count). The highest BCUT2D eigenvalue weighted by Gasteiger charge is 2.30. The van der Waals surface area contributed by atoms with Crippen molar-refractivity contribution < 1.29 is 45.1 Å². The summed E-state index contributed by atoms with van der Waals surface area (Å²) in [6.07, 6.45) is 0. The predicted octanol–water partition coefficient (Wildman–Crippen LogP) is 3.95. The van der Waals surface area contributed by atoms with Crippen molar-refractivity contribution in [2.45, 2.75) is 6.61 Å². The molecule has 2 N–H and O–H groups in total. The van der Waals surface area contributed by atoms with E-state index in [0.717, 1.165) is 24.3 Å². The molecule has 0 spiro atoms. The third-order valence-corrected chi connectivity index (χ3v) is 3.00. The highest BCUT2D eigenvalue weighted by molar-refractivity contribution is 6.08. The van der Waals surface area contributed by atoms with Gasteiger partial charge < -0.3 is 10.1 Å². The quantitative estimate of drug-likeness (QED) is 0.467. The molecule has 3 amide bonds.